The second-order valence-corrected chi connectivity index (χ2v) is 3.37. The van der Waals surface area contributed by atoms with Gasteiger partial charge in [0.1, 0.15) is 11.6 Å². The van der Waals surface area contributed by atoms with Gasteiger partial charge in [0.15, 0.2) is 0 Å². The number of anilines is 3. The van der Waals surface area contributed by atoms with Crippen molar-refractivity contribution in [3.8, 4) is 0 Å². The molecule has 1 aromatic rings. The smallest absolute Gasteiger partial charge is 0.305 e. The van der Waals surface area contributed by atoms with Crippen molar-refractivity contribution in [1.29, 1.82) is 0 Å². The Morgan fingerprint density at radius 1 is 1.47 bits per heavy atom. The first-order valence-corrected chi connectivity index (χ1v) is 5.41. The maximum atomic E-state index is 11.0. The standard InChI is InChI=1S/C10H17N5O2/c1-2-17-9(16)4-3-5-13-8-6-7(11)14-10(12)15-8/h6H,2-5H2,1H3,(H5,11,12,13,14,15). The van der Waals surface area contributed by atoms with Crippen LogP contribution in [-0.2, 0) is 9.53 Å². The van der Waals surface area contributed by atoms with Gasteiger partial charge in [-0.3, -0.25) is 4.79 Å². The van der Waals surface area contributed by atoms with Crippen LogP contribution in [0.1, 0.15) is 19.8 Å². The van der Waals surface area contributed by atoms with Crippen molar-refractivity contribution in [2.45, 2.75) is 19.8 Å². The Balaban J connectivity index is 2.28. The molecule has 1 rings (SSSR count). The van der Waals surface area contributed by atoms with Gasteiger partial charge in [-0.1, -0.05) is 0 Å². The van der Waals surface area contributed by atoms with E-state index in [4.69, 9.17) is 16.2 Å². The van der Waals surface area contributed by atoms with Crippen LogP contribution in [0.4, 0.5) is 17.6 Å². The minimum Gasteiger partial charge on any atom is -0.466 e. The molecule has 0 radical (unpaired) electrons. The van der Waals surface area contributed by atoms with E-state index in [1.807, 2.05) is 0 Å². The van der Waals surface area contributed by atoms with E-state index in [9.17, 15) is 4.79 Å². The summed E-state index contributed by atoms with van der Waals surface area (Å²) in [6, 6.07) is 1.58. The highest BCUT2D eigenvalue weighted by Gasteiger charge is 2.02. The van der Waals surface area contributed by atoms with Gasteiger partial charge in [0.2, 0.25) is 5.95 Å². The van der Waals surface area contributed by atoms with Crippen LogP contribution in [0.5, 0.6) is 0 Å². The zero-order chi connectivity index (χ0) is 12.7. The summed E-state index contributed by atoms with van der Waals surface area (Å²) in [7, 11) is 0. The van der Waals surface area contributed by atoms with Gasteiger partial charge in [0.05, 0.1) is 6.61 Å². The fourth-order valence-corrected chi connectivity index (χ4v) is 1.26. The lowest BCUT2D eigenvalue weighted by Gasteiger charge is -2.06. The summed E-state index contributed by atoms with van der Waals surface area (Å²) in [4.78, 5) is 18.7. The van der Waals surface area contributed by atoms with Crippen LogP contribution in [0, 0.1) is 0 Å². The van der Waals surface area contributed by atoms with Crippen molar-refractivity contribution in [2.24, 2.45) is 0 Å². The SMILES string of the molecule is CCOC(=O)CCCNc1cc(N)nc(N)n1. The lowest BCUT2D eigenvalue weighted by atomic mass is 10.3. The van der Waals surface area contributed by atoms with Gasteiger partial charge in [-0.15, -0.1) is 0 Å². The van der Waals surface area contributed by atoms with Gasteiger partial charge in [-0.2, -0.15) is 9.97 Å². The molecule has 0 fully saturated rings. The maximum absolute atomic E-state index is 11.0. The van der Waals surface area contributed by atoms with Gasteiger partial charge in [-0.05, 0) is 13.3 Å². The summed E-state index contributed by atoms with van der Waals surface area (Å²) in [5, 5.41) is 3.00. The Kier molecular flexibility index (Phi) is 4.99. The Bertz CT molecular complexity index is 363. The van der Waals surface area contributed by atoms with E-state index in [-0.39, 0.29) is 11.9 Å². The van der Waals surface area contributed by atoms with Crippen molar-refractivity contribution in [1.82, 2.24) is 9.97 Å². The Morgan fingerprint density at radius 2 is 2.24 bits per heavy atom. The molecule has 0 saturated carbocycles. The van der Waals surface area contributed by atoms with Crippen LogP contribution in [-0.4, -0.2) is 29.1 Å². The van der Waals surface area contributed by atoms with E-state index in [0.29, 0.717) is 37.6 Å². The third-order valence-corrected chi connectivity index (χ3v) is 1.93. The molecule has 0 saturated heterocycles. The second kappa shape index (κ2) is 6.51. The van der Waals surface area contributed by atoms with E-state index in [0.717, 1.165) is 0 Å². The first-order chi connectivity index (χ1) is 8.11. The lowest BCUT2D eigenvalue weighted by Crippen LogP contribution is -2.10. The van der Waals surface area contributed by atoms with E-state index >= 15 is 0 Å². The normalized spacial score (nSPS) is 9.94. The summed E-state index contributed by atoms with van der Waals surface area (Å²) in [5.74, 6) is 0.790. The van der Waals surface area contributed by atoms with Crippen molar-refractivity contribution in [3.05, 3.63) is 6.07 Å². The molecular weight excluding hydrogens is 222 g/mol. The number of nitrogens with zero attached hydrogens (tertiary/aromatic N) is 2. The predicted molar refractivity (Wildman–Crippen MR) is 65.2 cm³/mol. The molecule has 0 aliphatic carbocycles. The quantitative estimate of drug-likeness (QED) is 0.485. The molecule has 0 aromatic carbocycles. The van der Waals surface area contributed by atoms with Crippen molar-refractivity contribution >= 4 is 23.6 Å². The van der Waals surface area contributed by atoms with Gasteiger partial charge in [-0.25, -0.2) is 0 Å². The summed E-state index contributed by atoms with van der Waals surface area (Å²) in [5.41, 5.74) is 10.9. The van der Waals surface area contributed by atoms with E-state index in [2.05, 4.69) is 15.3 Å². The zero-order valence-electron chi connectivity index (χ0n) is 9.77. The van der Waals surface area contributed by atoms with Crippen LogP contribution in [0.3, 0.4) is 0 Å². The molecule has 1 aromatic heterocycles. The third-order valence-electron chi connectivity index (χ3n) is 1.93. The molecule has 17 heavy (non-hydrogen) atoms. The summed E-state index contributed by atoms with van der Waals surface area (Å²) >= 11 is 0. The Labute approximate surface area is 99.6 Å². The van der Waals surface area contributed by atoms with Crippen molar-refractivity contribution in [2.75, 3.05) is 29.9 Å². The van der Waals surface area contributed by atoms with Crippen molar-refractivity contribution < 1.29 is 9.53 Å². The first kappa shape index (κ1) is 13.0. The van der Waals surface area contributed by atoms with E-state index < -0.39 is 0 Å². The number of nitrogen functional groups attached to an aromatic ring is 2. The largest absolute Gasteiger partial charge is 0.466 e. The number of carbonyl (C=O) groups is 1. The maximum Gasteiger partial charge on any atom is 0.305 e. The van der Waals surface area contributed by atoms with E-state index in [1.54, 1.807) is 13.0 Å². The average Bonchev–Trinajstić information content (AvgIpc) is 2.23. The molecule has 0 atom stereocenters. The van der Waals surface area contributed by atoms with Gasteiger partial charge < -0.3 is 21.5 Å². The van der Waals surface area contributed by atoms with Crippen LogP contribution in [0.25, 0.3) is 0 Å². The lowest BCUT2D eigenvalue weighted by molar-refractivity contribution is -0.143. The van der Waals surface area contributed by atoms with Gasteiger partial charge in [0, 0.05) is 19.0 Å². The molecule has 0 spiro atoms. The fraction of sp³-hybridized carbons (Fsp3) is 0.500. The highest BCUT2D eigenvalue weighted by molar-refractivity contribution is 5.69. The first-order valence-electron chi connectivity index (χ1n) is 5.41. The molecule has 7 heteroatoms. The Morgan fingerprint density at radius 3 is 2.88 bits per heavy atom. The number of esters is 1. The molecule has 0 amide bonds. The third kappa shape index (κ3) is 5.01. The summed E-state index contributed by atoms with van der Waals surface area (Å²) in [6.45, 7) is 2.78. The molecule has 0 bridgehead atoms. The molecular formula is C10H17N5O2. The highest BCUT2D eigenvalue weighted by Crippen LogP contribution is 2.09. The molecule has 0 unspecified atom stereocenters. The van der Waals surface area contributed by atoms with Crippen LogP contribution < -0.4 is 16.8 Å². The van der Waals surface area contributed by atoms with Crippen LogP contribution in [0.2, 0.25) is 0 Å². The van der Waals surface area contributed by atoms with Crippen LogP contribution >= 0.6 is 0 Å². The monoisotopic (exact) mass is 239 g/mol. The molecule has 5 N–H and O–H groups in total. The van der Waals surface area contributed by atoms with E-state index in [1.165, 1.54) is 0 Å². The fourth-order valence-electron chi connectivity index (χ4n) is 1.26. The minimum absolute atomic E-state index is 0.123. The summed E-state index contributed by atoms with van der Waals surface area (Å²) < 4.78 is 4.80. The van der Waals surface area contributed by atoms with Crippen LogP contribution in [0.15, 0.2) is 6.07 Å². The number of hydrogen-bond acceptors (Lipinski definition) is 7. The molecule has 1 heterocycles. The second-order valence-electron chi connectivity index (χ2n) is 3.37. The number of nitrogens with one attached hydrogen (secondary N) is 1. The van der Waals surface area contributed by atoms with Gasteiger partial charge >= 0.3 is 5.97 Å². The molecule has 94 valence electrons. The zero-order valence-corrected chi connectivity index (χ0v) is 9.77. The average molecular weight is 239 g/mol. The number of carbonyl (C=O) groups excluding carboxylic acids is 1. The number of ether oxygens (including phenoxy) is 1. The molecule has 0 aliphatic rings. The topological polar surface area (TPSA) is 116 Å². The minimum atomic E-state index is -0.198. The molecule has 7 nitrogen and oxygen atoms in total. The molecule has 0 aliphatic heterocycles. The number of rotatable bonds is 6. The van der Waals surface area contributed by atoms with Crippen molar-refractivity contribution in [3.63, 3.8) is 0 Å². The predicted octanol–water partition coefficient (Wildman–Crippen LogP) is 0.396. The summed E-state index contributed by atoms with van der Waals surface area (Å²) in [6.07, 6.45) is 1.03. The van der Waals surface area contributed by atoms with Gasteiger partial charge in [0.25, 0.3) is 0 Å². The Hall–Kier alpha value is -2.05. The number of aromatic nitrogens is 2. The number of hydrogen-bond donors (Lipinski definition) is 3. The highest BCUT2D eigenvalue weighted by atomic mass is 16.5. The number of nitrogens with two attached hydrogens (primary N) is 2.